The number of likely N-dealkylation sites (N-methyl/N-ethyl adjacent to an activating group) is 1. The van der Waals surface area contributed by atoms with Crippen LogP contribution in [-0.2, 0) is 14.4 Å². The Morgan fingerprint density at radius 1 is 1.07 bits per heavy atom. The summed E-state index contributed by atoms with van der Waals surface area (Å²) in [6, 6.07) is 13.5. The van der Waals surface area contributed by atoms with Crippen molar-refractivity contribution in [3.8, 4) is 0 Å². The van der Waals surface area contributed by atoms with Crippen molar-refractivity contribution in [2.24, 2.45) is 5.73 Å². The molecule has 0 aliphatic carbocycles. The lowest BCUT2D eigenvalue weighted by Gasteiger charge is -2.33. The van der Waals surface area contributed by atoms with Gasteiger partial charge in [0.1, 0.15) is 6.54 Å². The monoisotopic (exact) mass is 368 g/mol. The van der Waals surface area contributed by atoms with Crippen LogP contribution in [-0.4, -0.2) is 60.2 Å². The molecule has 27 heavy (non-hydrogen) atoms. The number of hydrogen-bond donors (Lipinski definition) is 2. The highest BCUT2D eigenvalue weighted by molar-refractivity contribution is 6.35. The molecular weight excluding hydrogens is 344 g/mol. The van der Waals surface area contributed by atoms with E-state index in [2.05, 4.69) is 5.32 Å². The van der Waals surface area contributed by atoms with Crippen molar-refractivity contribution in [2.45, 2.75) is 13.0 Å². The van der Waals surface area contributed by atoms with Gasteiger partial charge in [0.25, 0.3) is 0 Å². The molecule has 142 valence electrons. The van der Waals surface area contributed by atoms with Crippen LogP contribution in [0.3, 0.4) is 0 Å². The smallest absolute Gasteiger partial charge is 0.312 e. The molecule has 1 saturated heterocycles. The third-order valence-corrected chi connectivity index (χ3v) is 4.86. The van der Waals surface area contributed by atoms with Crippen LogP contribution >= 0.6 is 0 Å². The molecule has 1 aliphatic rings. The summed E-state index contributed by atoms with van der Waals surface area (Å²) in [5, 5.41) is 5.05. The maximum absolute atomic E-state index is 12.4. The Hall–Kier alpha value is -2.93. The topological polar surface area (TPSA) is 95.7 Å². The Bertz CT molecular complexity index is 867. The van der Waals surface area contributed by atoms with Crippen LogP contribution in [0.25, 0.3) is 10.8 Å². The third-order valence-electron chi connectivity index (χ3n) is 4.86. The van der Waals surface area contributed by atoms with Crippen molar-refractivity contribution in [1.29, 1.82) is 0 Å². The van der Waals surface area contributed by atoms with Crippen LogP contribution in [0.2, 0.25) is 0 Å². The molecule has 0 bridgehead atoms. The summed E-state index contributed by atoms with van der Waals surface area (Å²) in [6.07, 6.45) is 0. The van der Waals surface area contributed by atoms with Crippen LogP contribution in [0, 0.1) is 0 Å². The number of benzene rings is 2. The number of nitrogens with one attached hydrogen (secondary N) is 1. The lowest BCUT2D eigenvalue weighted by molar-refractivity contribution is -0.156. The van der Waals surface area contributed by atoms with E-state index in [1.54, 1.807) is 0 Å². The maximum atomic E-state index is 12.4. The van der Waals surface area contributed by atoms with E-state index in [9.17, 15) is 14.4 Å². The summed E-state index contributed by atoms with van der Waals surface area (Å²) in [6.45, 7) is 3.20. The van der Waals surface area contributed by atoms with E-state index in [0.29, 0.717) is 19.6 Å². The van der Waals surface area contributed by atoms with Crippen LogP contribution < -0.4 is 11.1 Å². The first-order valence-electron chi connectivity index (χ1n) is 9.09. The Morgan fingerprint density at radius 3 is 2.44 bits per heavy atom. The number of fused-ring (bicyclic) bond motifs is 1. The fraction of sp³-hybridized carbons (Fsp3) is 0.350. The van der Waals surface area contributed by atoms with Gasteiger partial charge in [0.2, 0.25) is 5.91 Å². The maximum Gasteiger partial charge on any atom is 0.312 e. The largest absolute Gasteiger partial charge is 0.346 e. The molecule has 2 aromatic carbocycles. The second-order valence-corrected chi connectivity index (χ2v) is 6.57. The van der Waals surface area contributed by atoms with E-state index in [4.69, 9.17) is 5.73 Å². The zero-order valence-corrected chi connectivity index (χ0v) is 15.4. The summed E-state index contributed by atoms with van der Waals surface area (Å²) in [5.74, 6) is -1.51. The van der Waals surface area contributed by atoms with E-state index >= 15 is 0 Å². The number of nitrogens with two attached hydrogens (primary N) is 1. The lowest BCUT2D eigenvalue weighted by atomic mass is 10.0. The molecule has 3 N–H and O–H groups in total. The molecule has 3 amide bonds. The summed E-state index contributed by atoms with van der Waals surface area (Å²) in [4.78, 5) is 39.3. The Balaban J connectivity index is 1.66. The molecule has 1 heterocycles. The van der Waals surface area contributed by atoms with Gasteiger partial charge >= 0.3 is 11.8 Å². The first-order chi connectivity index (χ1) is 13.0. The Kier molecular flexibility index (Phi) is 5.71. The van der Waals surface area contributed by atoms with Gasteiger partial charge in [0.15, 0.2) is 0 Å². The number of piperazine rings is 1. The molecule has 1 aliphatic heterocycles. The number of carbonyl (C=O) groups excluding carboxylic acids is 3. The second kappa shape index (κ2) is 8.18. The number of nitrogens with zero attached hydrogens (tertiary/aromatic N) is 2. The molecule has 1 unspecified atom stereocenters. The highest BCUT2D eigenvalue weighted by atomic mass is 16.2. The molecule has 0 saturated carbocycles. The second-order valence-electron chi connectivity index (χ2n) is 6.57. The van der Waals surface area contributed by atoms with Gasteiger partial charge < -0.3 is 20.9 Å². The first kappa shape index (κ1) is 18.8. The first-order valence-corrected chi connectivity index (χ1v) is 9.09. The van der Waals surface area contributed by atoms with Crippen molar-refractivity contribution in [3.05, 3.63) is 48.0 Å². The highest BCUT2D eigenvalue weighted by Gasteiger charge is 2.32. The quantitative estimate of drug-likeness (QED) is 0.732. The Morgan fingerprint density at radius 2 is 1.74 bits per heavy atom. The zero-order chi connectivity index (χ0) is 19.4. The minimum Gasteiger partial charge on any atom is -0.346 e. The fourth-order valence-electron chi connectivity index (χ4n) is 3.28. The summed E-state index contributed by atoms with van der Waals surface area (Å²) in [5.41, 5.74) is 6.77. The number of amides is 3. The lowest BCUT2D eigenvalue weighted by Crippen LogP contribution is -2.56. The molecule has 1 fully saturated rings. The van der Waals surface area contributed by atoms with Crippen LogP contribution in [0.4, 0.5) is 0 Å². The molecule has 0 radical (unpaired) electrons. The van der Waals surface area contributed by atoms with Crippen LogP contribution in [0.1, 0.15) is 18.5 Å². The van der Waals surface area contributed by atoms with E-state index in [0.717, 1.165) is 16.3 Å². The highest BCUT2D eigenvalue weighted by Crippen LogP contribution is 2.20. The molecular formula is C20H24N4O3. The molecule has 0 spiro atoms. The number of hydrogen-bond acceptors (Lipinski definition) is 4. The van der Waals surface area contributed by atoms with Gasteiger partial charge in [-0.15, -0.1) is 0 Å². The van der Waals surface area contributed by atoms with Crippen LogP contribution in [0.5, 0.6) is 0 Å². The van der Waals surface area contributed by atoms with Crippen molar-refractivity contribution in [1.82, 2.24) is 15.1 Å². The van der Waals surface area contributed by atoms with E-state index < -0.39 is 11.8 Å². The van der Waals surface area contributed by atoms with Crippen molar-refractivity contribution in [3.63, 3.8) is 0 Å². The van der Waals surface area contributed by atoms with Gasteiger partial charge in [-0.1, -0.05) is 36.4 Å². The average Bonchev–Trinajstić information content (AvgIpc) is 2.69. The summed E-state index contributed by atoms with van der Waals surface area (Å²) >= 11 is 0. The normalized spacial score (nSPS) is 15.9. The zero-order valence-electron chi connectivity index (χ0n) is 15.4. The SMILES string of the molecule is CCN1CCN(CC(=O)NC(CN)c2ccc3ccccc3c2)C(=O)C1=O. The van der Waals surface area contributed by atoms with Gasteiger partial charge in [-0.2, -0.15) is 0 Å². The van der Waals surface area contributed by atoms with Gasteiger partial charge in [0.05, 0.1) is 6.04 Å². The van der Waals surface area contributed by atoms with E-state index in [1.807, 2.05) is 49.4 Å². The number of carbonyl (C=O) groups is 3. The predicted molar refractivity (Wildman–Crippen MR) is 103 cm³/mol. The van der Waals surface area contributed by atoms with Crippen molar-refractivity contribution >= 4 is 28.5 Å². The van der Waals surface area contributed by atoms with Crippen LogP contribution in [0.15, 0.2) is 42.5 Å². The van der Waals surface area contributed by atoms with Gasteiger partial charge in [0, 0.05) is 26.2 Å². The van der Waals surface area contributed by atoms with Crippen molar-refractivity contribution in [2.75, 3.05) is 32.7 Å². The number of rotatable bonds is 6. The molecule has 0 aromatic heterocycles. The summed E-state index contributed by atoms with van der Waals surface area (Å²) in [7, 11) is 0. The van der Waals surface area contributed by atoms with Gasteiger partial charge in [-0.05, 0) is 29.3 Å². The predicted octanol–water partition coefficient (Wildman–Crippen LogP) is 0.647. The molecule has 7 heteroatoms. The minimum atomic E-state index is -0.631. The molecule has 2 aromatic rings. The fourth-order valence-corrected chi connectivity index (χ4v) is 3.28. The summed E-state index contributed by atoms with van der Waals surface area (Å²) < 4.78 is 0. The van der Waals surface area contributed by atoms with Crippen molar-refractivity contribution < 1.29 is 14.4 Å². The van der Waals surface area contributed by atoms with Gasteiger partial charge in [-0.3, -0.25) is 14.4 Å². The minimum absolute atomic E-state index is 0.147. The Labute approximate surface area is 158 Å². The standard InChI is InChI=1S/C20H24N4O3/c1-2-23-9-10-24(20(27)19(23)26)13-18(25)22-17(12-21)16-8-7-14-5-3-4-6-15(14)11-16/h3-8,11,17H,2,9-10,12-13,21H2,1H3,(H,22,25). The third kappa shape index (κ3) is 4.09. The van der Waals surface area contributed by atoms with E-state index in [1.165, 1.54) is 9.80 Å². The van der Waals surface area contributed by atoms with Gasteiger partial charge in [-0.25, -0.2) is 0 Å². The molecule has 1 atom stereocenters. The van der Waals surface area contributed by atoms with E-state index in [-0.39, 0.29) is 25.0 Å². The molecule has 7 nitrogen and oxygen atoms in total. The molecule has 3 rings (SSSR count). The average molecular weight is 368 g/mol.